The van der Waals surface area contributed by atoms with Crippen LogP contribution in [-0.4, -0.2) is 31.9 Å². The lowest BCUT2D eigenvalue weighted by Gasteiger charge is -2.20. The summed E-state index contributed by atoms with van der Waals surface area (Å²) in [7, 11) is 0. The van der Waals surface area contributed by atoms with E-state index in [1.807, 2.05) is 43.3 Å². The van der Waals surface area contributed by atoms with Crippen LogP contribution in [0.1, 0.15) is 16.7 Å². The number of thioether (sulfide) groups is 1. The lowest BCUT2D eigenvalue weighted by molar-refractivity contribution is -0.114. The first kappa shape index (κ1) is 15.5. The highest BCUT2D eigenvalue weighted by atomic mass is 32.2. The van der Waals surface area contributed by atoms with Gasteiger partial charge in [0.05, 0.1) is 5.57 Å². The summed E-state index contributed by atoms with van der Waals surface area (Å²) in [6, 6.07) is 11.4. The number of hydrogen-bond acceptors (Lipinski definition) is 5. The Morgan fingerprint density at radius 3 is 2.72 bits per heavy atom. The largest absolute Gasteiger partial charge is 0.283 e. The average molecular weight is 347 g/mol. The van der Waals surface area contributed by atoms with Gasteiger partial charge < -0.3 is 0 Å². The van der Waals surface area contributed by atoms with Crippen LogP contribution >= 0.6 is 11.8 Å². The van der Waals surface area contributed by atoms with Gasteiger partial charge >= 0.3 is 0 Å². The van der Waals surface area contributed by atoms with Crippen molar-refractivity contribution in [2.75, 3.05) is 0 Å². The van der Waals surface area contributed by atoms with Crippen molar-refractivity contribution in [1.29, 1.82) is 5.41 Å². The number of aryl methyl sites for hydroxylation is 1. The maximum absolute atomic E-state index is 12.4. The summed E-state index contributed by atoms with van der Waals surface area (Å²) in [6.07, 6.45) is 5.05. The quantitative estimate of drug-likeness (QED) is 0.847. The molecule has 0 aliphatic carbocycles. The van der Waals surface area contributed by atoms with Gasteiger partial charge in [-0.1, -0.05) is 29.8 Å². The fraction of sp³-hybridized carbons (Fsp3) is 0.0556. The summed E-state index contributed by atoms with van der Waals surface area (Å²) in [5.41, 5.74) is 3.04. The number of nitrogens with zero attached hydrogens (tertiary/aromatic N) is 4. The molecule has 0 atom stereocenters. The van der Waals surface area contributed by atoms with Crippen LogP contribution in [0.15, 0.2) is 64.5 Å². The van der Waals surface area contributed by atoms with Crippen molar-refractivity contribution in [3.05, 3.63) is 71.1 Å². The average Bonchev–Trinajstić information content (AvgIpc) is 3.05. The summed E-state index contributed by atoms with van der Waals surface area (Å²) in [4.78, 5) is 20.5. The monoisotopic (exact) mass is 347 g/mol. The number of nitrogens with one attached hydrogen (secondary N) is 1. The molecule has 2 aromatic rings. The van der Waals surface area contributed by atoms with E-state index >= 15 is 0 Å². The van der Waals surface area contributed by atoms with Crippen LogP contribution in [0.5, 0.6) is 0 Å². The topological polar surface area (TPSA) is 81.8 Å². The van der Waals surface area contributed by atoms with Gasteiger partial charge in [-0.15, -0.1) is 0 Å². The molecule has 1 N–H and O–H groups in total. The second-order valence-corrected chi connectivity index (χ2v) is 6.53. The molecule has 6 nitrogen and oxygen atoms in total. The van der Waals surface area contributed by atoms with Crippen molar-refractivity contribution < 1.29 is 4.79 Å². The summed E-state index contributed by atoms with van der Waals surface area (Å²) in [5, 5.41) is 15.3. The Bertz CT molecular complexity index is 961. The predicted octanol–water partition coefficient (Wildman–Crippen LogP) is 3.06. The molecule has 2 aliphatic heterocycles. The van der Waals surface area contributed by atoms with Crippen LogP contribution in [0.3, 0.4) is 0 Å². The number of pyridine rings is 1. The number of fused-ring (bicyclic) bond motifs is 1. The van der Waals surface area contributed by atoms with Crippen molar-refractivity contribution in [2.45, 2.75) is 6.92 Å². The van der Waals surface area contributed by atoms with E-state index in [2.05, 4.69) is 15.1 Å². The minimum absolute atomic E-state index is 0.0296. The van der Waals surface area contributed by atoms with Gasteiger partial charge in [-0.3, -0.25) is 15.2 Å². The van der Waals surface area contributed by atoms with E-state index in [-0.39, 0.29) is 11.4 Å². The molecule has 122 valence electrons. The lowest BCUT2D eigenvalue weighted by Crippen LogP contribution is -2.35. The molecule has 0 fully saturated rings. The highest BCUT2D eigenvalue weighted by Crippen LogP contribution is 2.30. The number of aliphatic imine (C=N–C) groups is 1. The Kier molecular flexibility index (Phi) is 3.77. The fourth-order valence-corrected chi connectivity index (χ4v) is 3.31. The van der Waals surface area contributed by atoms with E-state index < -0.39 is 5.91 Å². The van der Waals surface area contributed by atoms with Crippen LogP contribution < -0.4 is 0 Å². The Morgan fingerprint density at radius 1 is 1.20 bits per heavy atom. The molecule has 7 heteroatoms. The number of aromatic nitrogens is 1. The van der Waals surface area contributed by atoms with Gasteiger partial charge in [0.15, 0.2) is 5.84 Å². The van der Waals surface area contributed by atoms with Crippen molar-refractivity contribution in [1.82, 2.24) is 9.99 Å². The molecule has 1 aromatic heterocycles. The first-order chi connectivity index (χ1) is 12.1. The minimum atomic E-state index is -0.424. The van der Waals surface area contributed by atoms with Crippen LogP contribution in [0, 0.1) is 12.3 Å². The minimum Gasteiger partial charge on any atom is -0.282 e. The number of hydrogen-bond donors (Lipinski definition) is 1. The Labute approximate surface area is 148 Å². The number of amides is 1. The zero-order valence-electron chi connectivity index (χ0n) is 13.3. The van der Waals surface area contributed by atoms with Gasteiger partial charge in [-0.25, -0.2) is 0 Å². The number of carbonyl (C=O) groups is 1. The van der Waals surface area contributed by atoms with Crippen LogP contribution in [0.4, 0.5) is 0 Å². The second-order valence-electron chi connectivity index (χ2n) is 5.58. The molecule has 3 heterocycles. The normalized spacial score (nSPS) is 18.3. The zero-order chi connectivity index (χ0) is 17.4. The van der Waals surface area contributed by atoms with Crippen molar-refractivity contribution >= 4 is 39.8 Å². The fourth-order valence-electron chi connectivity index (χ4n) is 2.43. The van der Waals surface area contributed by atoms with Crippen LogP contribution in [0.25, 0.3) is 6.08 Å². The number of amidine groups is 2. The van der Waals surface area contributed by atoms with Crippen molar-refractivity contribution in [3.8, 4) is 0 Å². The molecule has 0 unspecified atom stereocenters. The third kappa shape index (κ3) is 2.89. The molecule has 0 saturated heterocycles. The first-order valence-corrected chi connectivity index (χ1v) is 8.41. The molecular weight excluding hydrogens is 334 g/mol. The van der Waals surface area contributed by atoms with E-state index in [0.29, 0.717) is 10.2 Å². The first-order valence-electron chi connectivity index (χ1n) is 7.59. The smallest absolute Gasteiger partial charge is 0.282 e. The maximum Gasteiger partial charge on any atom is 0.283 e. The van der Waals surface area contributed by atoms with Gasteiger partial charge in [0.1, 0.15) is 5.04 Å². The van der Waals surface area contributed by atoms with E-state index in [4.69, 9.17) is 5.41 Å². The van der Waals surface area contributed by atoms with Crippen LogP contribution in [0.2, 0.25) is 0 Å². The standard InChI is InChI=1S/C18H13N5OS/c1-11-4-6-12(7-5-11)9-14-15(19)23-18(21-16(14)24)25-17(22-23)13-3-2-8-20-10-13/h2-10,19H,1H3/b14-9-,19-15?. The van der Waals surface area contributed by atoms with Gasteiger partial charge in [-0.2, -0.15) is 15.1 Å². The molecule has 0 saturated carbocycles. The Hall–Kier alpha value is -3.06. The van der Waals surface area contributed by atoms with Crippen molar-refractivity contribution in [2.24, 2.45) is 10.1 Å². The van der Waals surface area contributed by atoms with Gasteiger partial charge in [0.25, 0.3) is 5.91 Å². The molecule has 2 aliphatic rings. The van der Waals surface area contributed by atoms with Gasteiger partial charge in [0, 0.05) is 18.0 Å². The number of benzene rings is 1. The van der Waals surface area contributed by atoms with Gasteiger partial charge in [-0.05, 0) is 42.5 Å². The summed E-state index contributed by atoms with van der Waals surface area (Å²) >= 11 is 1.26. The van der Waals surface area contributed by atoms with E-state index in [1.165, 1.54) is 16.8 Å². The lowest BCUT2D eigenvalue weighted by atomic mass is 10.1. The number of carbonyl (C=O) groups excluding carboxylic acids is 1. The molecular formula is C18H13N5OS. The summed E-state index contributed by atoms with van der Waals surface area (Å²) < 4.78 is 0. The highest BCUT2D eigenvalue weighted by Gasteiger charge is 2.35. The van der Waals surface area contributed by atoms with E-state index in [9.17, 15) is 4.79 Å². The van der Waals surface area contributed by atoms with E-state index in [0.717, 1.165) is 16.7 Å². The summed E-state index contributed by atoms with van der Waals surface area (Å²) in [6.45, 7) is 2.00. The SMILES string of the molecule is Cc1ccc(/C=C2/C(=N)N3N=C(c4cccnc4)SC3=NC2=O)cc1. The van der Waals surface area contributed by atoms with Gasteiger partial charge in [0.2, 0.25) is 5.17 Å². The zero-order valence-corrected chi connectivity index (χ0v) is 14.1. The third-order valence-electron chi connectivity index (χ3n) is 3.75. The molecule has 25 heavy (non-hydrogen) atoms. The molecule has 0 bridgehead atoms. The third-order valence-corrected chi connectivity index (χ3v) is 4.71. The number of rotatable bonds is 2. The second kappa shape index (κ2) is 6.10. The van der Waals surface area contributed by atoms with Crippen LogP contribution in [-0.2, 0) is 4.79 Å². The Morgan fingerprint density at radius 2 is 2.00 bits per heavy atom. The Balaban J connectivity index is 1.69. The van der Waals surface area contributed by atoms with Crippen molar-refractivity contribution in [3.63, 3.8) is 0 Å². The van der Waals surface area contributed by atoms with E-state index in [1.54, 1.807) is 18.5 Å². The molecule has 4 rings (SSSR count). The number of hydrazone groups is 1. The molecule has 0 spiro atoms. The molecule has 0 radical (unpaired) electrons. The highest BCUT2D eigenvalue weighted by molar-refractivity contribution is 8.27. The molecule has 1 amide bonds. The maximum atomic E-state index is 12.4. The summed E-state index contributed by atoms with van der Waals surface area (Å²) in [5.74, 6) is -0.395. The molecule has 1 aromatic carbocycles. The predicted molar refractivity (Wildman–Crippen MR) is 99.5 cm³/mol.